The Kier molecular flexibility index (Phi) is 4.39. The molecule has 3 aromatic rings. The average molecular weight is 308 g/mol. The van der Waals surface area contributed by atoms with E-state index in [1.807, 2.05) is 24.3 Å². The van der Waals surface area contributed by atoms with Gasteiger partial charge < -0.3 is 15.5 Å². The molecule has 0 aliphatic rings. The fraction of sp³-hybridized carbons (Fsp3) is 0.300. The lowest BCUT2D eigenvalue weighted by Crippen LogP contribution is -2.32. The van der Waals surface area contributed by atoms with Gasteiger partial charge in [0.2, 0.25) is 0 Å². The van der Waals surface area contributed by atoms with E-state index in [1.165, 1.54) is 16.5 Å². The zero-order valence-corrected chi connectivity index (χ0v) is 13.8. The summed E-state index contributed by atoms with van der Waals surface area (Å²) < 4.78 is 5.93. The Labute approximate surface area is 137 Å². The number of aromatic nitrogens is 1. The summed E-state index contributed by atoms with van der Waals surface area (Å²) in [5, 5.41) is 1.22. The Hall–Kier alpha value is -2.26. The van der Waals surface area contributed by atoms with Gasteiger partial charge in [0.05, 0.1) is 0 Å². The van der Waals surface area contributed by atoms with E-state index in [1.54, 1.807) is 0 Å². The number of aromatic amines is 1. The molecule has 2 aromatic carbocycles. The molecule has 120 valence electrons. The summed E-state index contributed by atoms with van der Waals surface area (Å²) in [6, 6.07) is 16.4. The number of H-pyrrole nitrogens is 1. The van der Waals surface area contributed by atoms with E-state index in [-0.39, 0.29) is 5.54 Å². The van der Waals surface area contributed by atoms with Gasteiger partial charge in [-0.05, 0) is 56.0 Å². The van der Waals surface area contributed by atoms with Gasteiger partial charge >= 0.3 is 0 Å². The average Bonchev–Trinajstić information content (AvgIpc) is 2.94. The molecule has 1 heterocycles. The van der Waals surface area contributed by atoms with Crippen LogP contribution < -0.4 is 10.5 Å². The quantitative estimate of drug-likeness (QED) is 0.708. The van der Waals surface area contributed by atoms with E-state index in [2.05, 4.69) is 49.3 Å². The molecular formula is C20H24N2O. The molecule has 3 N–H and O–H groups in total. The van der Waals surface area contributed by atoms with Crippen molar-refractivity contribution in [1.82, 2.24) is 4.98 Å². The zero-order chi connectivity index (χ0) is 16.3. The molecule has 0 fully saturated rings. The van der Waals surface area contributed by atoms with Crippen molar-refractivity contribution in [2.45, 2.75) is 38.8 Å². The van der Waals surface area contributed by atoms with Gasteiger partial charge in [0.15, 0.2) is 0 Å². The van der Waals surface area contributed by atoms with E-state index in [9.17, 15) is 0 Å². The summed E-state index contributed by atoms with van der Waals surface area (Å²) >= 11 is 0. The maximum atomic E-state index is 6.10. The third-order valence-electron chi connectivity index (χ3n) is 4.03. The lowest BCUT2D eigenvalue weighted by molar-refractivity contribution is 0.306. The highest BCUT2D eigenvalue weighted by molar-refractivity contribution is 5.84. The van der Waals surface area contributed by atoms with E-state index in [0.717, 1.165) is 24.1 Å². The highest BCUT2D eigenvalue weighted by Gasteiger charge is 2.13. The predicted octanol–water partition coefficient (Wildman–Crippen LogP) is 4.42. The SMILES string of the molecule is CC(C)(N)CCc1c[nH]c2ccc(OCc3ccccc3)cc12. The summed E-state index contributed by atoms with van der Waals surface area (Å²) in [5.74, 6) is 0.897. The molecular weight excluding hydrogens is 284 g/mol. The molecule has 3 nitrogen and oxygen atoms in total. The standard InChI is InChI=1S/C20H24N2O/c1-20(2,21)11-10-16-13-22-19-9-8-17(12-18(16)19)23-14-15-6-4-3-5-7-15/h3-9,12-13,22H,10-11,14,21H2,1-2H3. The Morgan fingerprint density at radius 1 is 1.09 bits per heavy atom. The number of benzene rings is 2. The van der Waals surface area contributed by atoms with Crippen molar-refractivity contribution in [3.05, 3.63) is 65.9 Å². The molecule has 3 rings (SSSR count). The number of ether oxygens (including phenoxy) is 1. The van der Waals surface area contributed by atoms with Crippen LogP contribution in [0.25, 0.3) is 10.9 Å². The molecule has 1 aromatic heterocycles. The first-order valence-corrected chi connectivity index (χ1v) is 8.07. The molecule has 0 amide bonds. The van der Waals surface area contributed by atoms with Crippen molar-refractivity contribution in [2.75, 3.05) is 0 Å². The third-order valence-corrected chi connectivity index (χ3v) is 4.03. The van der Waals surface area contributed by atoms with Gasteiger partial charge in [0, 0.05) is 22.6 Å². The van der Waals surface area contributed by atoms with Crippen LogP contribution in [0.1, 0.15) is 31.4 Å². The smallest absolute Gasteiger partial charge is 0.120 e. The maximum Gasteiger partial charge on any atom is 0.120 e. The minimum Gasteiger partial charge on any atom is -0.489 e. The molecule has 23 heavy (non-hydrogen) atoms. The number of hydrogen-bond acceptors (Lipinski definition) is 2. The first-order valence-electron chi connectivity index (χ1n) is 8.07. The number of aryl methyl sites for hydroxylation is 1. The van der Waals surface area contributed by atoms with Gasteiger partial charge in [0.1, 0.15) is 12.4 Å². The molecule has 0 aliphatic heterocycles. The maximum absolute atomic E-state index is 6.10. The van der Waals surface area contributed by atoms with Crippen LogP contribution in [0.5, 0.6) is 5.75 Å². The van der Waals surface area contributed by atoms with Crippen LogP contribution in [0.15, 0.2) is 54.7 Å². The Morgan fingerprint density at radius 2 is 1.87 bits per heavy atom. The summed E-state index contributed by atoms with van der Waals surface area (Å²) in [4.78, 5) is 3.33. The third kappa shape index (κ3) is 4.14. The lowest BCUT2D eigenvalue weighted by atomic mass is 9.96. The molecule has 0 saturated heterocycles. The van der Waals surface area contributed by atoms with Crippen molar-refractivity contribution in [1.29, 1.82) is 0 Å². The van der Waals surface area contributed by atoms with Crippen LogP contribution in [0.4, 0.5) is 0 Å². The second kappa shape index (κ2) is 6.47. The molecule has 0 radical (unpaired) electrons. The van der Waals surface area contributed by atoms with Crippen LogP contribution in [-0.4, -0.2) is 10.5 Å². The Balaban J connectivity index is 1.75. The number of nitrogens with two attached hydrogens (primary N) is 1. The van der Waals surface area contributed by atoms with Crippen LogP contribution >= 0.6 is 0 Å². The monoisotopic (exact) mass is 308 g/mol. The second-order valence-electron chi connectivity index (χ2n) is 6.78. The second-order valence-corrected chi connectivity index (χ2v) is 6.78. The fourth-order valence-corrected chi connectivity index (χ4v) is 2.65. The first-order chi connectivity index (χ1) is 11.0. The zero-order valence-electron chi connectivity index (χ0n) is 13.8. The summed E-state index contributed by atoms with van der Waals surface area (Å²) in [5.41, 5.74) is 9.56. The van der Waals surface area contributed by atoms with Gasteiger partial charge in [0.25, 0.3) is 0 Å². The Bertz CT molecular complexity index is 769. The Morgan fingerprint density at radius 3 is 2.61 bits per heavy atom. The normalized spacial score (nSPS) is 11.8. The lowest BCUT2D eigenvalue weighted by Gasteiger charge is -2.17. The topological polar surface area (TPSA) is 51.0 Å². The minimum absolute atomic E-state index is 0.148. The number of hydrogen-bond donors (Lipinski definition) is 2. The summed E-state index contributed by atoms with van der Waals surface area (Å²) in [6.07, 6.45) is 4.00. The number of fused-ring (bicyclic) bond motifs is 1. The van der Waals surface area contributed by atoms with Crippen LogP contribution in [0, 0.1) is 0 Å². The first kappa shape index (κ1) is 15.6. The minimum atomic E-state index is -0.148. The highest BCUT2D eigenvalue weighted by atomic mass is 16.5. The van der Waals surface area contributed by atoms with Crippen molar-refractivity contribution in [3.63, 3.8) is 0 Å². The van der Waals surface area contributed by atoms with E-state index < -0.39 is 0 Å². The number of rotatable bonds is 6. The molecule has 0 spiro atoms. The summed E-state index contributed by atoms with van der Waals surface area (Å²) in [6.45, 7) is 4.72. The van der Waals surface area contributed by atoms with E-state index in [0.29, 0.717) is 6.61 Å². The van der Waals surface area contributed by atoms with E-state index in [4.69, 9.17) is 10.5 Å². The highest BCUT2D eigenvalue weighted by Crippen LogP contribution is 2.26. The van der Waals surface area contributed by atoms with Crippen molar-refractivity contribution < 1.29 is 4.74 Å². The molecule has 0 saturated carbocycles. The molecule has 0 unspecified atom stereocenters. The van der Waals surface area contributed by atoms with Crippen molar-refractivity contribution in [3.8, 4) is 5.75 Å². The van der Waals surface area contributed by atoms with Gasteiger partial charge in [-0.25, -0.2) is 0 Å². The van der Waals surface area contributed by atoms with Gasteiger partial charge in [-0.3, -0.25) is 0 Å². The molecule has 3 heteroatoms. The van der Waals surface area contributed by atoms with Crippen LogP contribution in [0.3, 0.4) is 0 Å². The van der Waals surface area contributed by atoms with Crippen molar-refractivity contribution in [2.24, 2.45) is 5.73 Å². The van der Waals surface area contributed by atoms with Gasteiger partial charge in [-0.15, -0.1) is 0 Å². The molecule has 0 atom stereocenters. The van der Waals surface area contributed by atoms with Crippen molar-refractivity contribution >= 4 is 10.9 Å². The fourth-order valence-electron chi connectivity index (χ4n) is 2.65. The van der Waals surface area contributed by atoms with Crippen LogP contribution in [-0.2, 0) is 13.0 Å². The summed E-state index contributed by atoms with van der Waals surface area (Å²) in [7, 11) is 0. The largest absolute Gasteiger partial charge is 0.489 e. The van der Waals surface area contributed by atoms with Gasteiger partial charge in [-0.1, -0.05) is 30.3 Å². The molecule has 0 bridgehead atoms. The van der Waals surface area contributed by atoms with Gasteiger partial charge in [-0.2, -0.15) is 0 Å². The van der Waals surface area contributed by atoms with Crippen LogP contribution in [0.2, 0.25) is 0 Å². The predicted molar refractivity (Wildman–Crippen MR) is 95.7 cm³/mol. The molecule has 0 aliphatic carbocycles. The van der Waals surface area contributed by atoms with E-state index >= 15 is 0 Å². The number of nitrogens with one attached hydrogen (secondary N) is 1.